The fraction of sp³-hybridized carbons (Fsp3) is 0.889. The number of ether oxygens (including phenoxy) is 2. The summed E-state index contributed by atoms with van der Waals surface area (Å²) in [5.74, 6) is 0.316. The molecule has 0 aromatic carbocycles. The molecule has 0 radical (unpaired) electrons. The van der Waals surface area contributed by atoms with Crippen molar-refractivity contribution < 1.29 is 14.3 Å². The molecule has 12 heavy (non-hydrogen) atoms. The van der Waals surface area contributed by atoms with Crippen molar-refractivity contribution in [3.63, 3.8) is 0 Å². The molecule has 0 unspecified atom stereocenters. The first-order valence-electron chi connectivity index (χ1n) is 4.58. The van der Waals surface area contributed by atoms with E-state index in [1.807, 2.05) is 6.92 Å². The summed E-state index contributed by atoms with van der Waals surface area (Å²) in [6.07, 6.45) is 2.82. The molecule has 3 heteroatoms. The first-order valence-corrected chi connectivity index (χ1v) is 4.58. The van der Waals surface area contributed by atoms with Crippen LogP contribution in [0.4, 0.5) is 0 Å². The third-order valence-electron chi connectivity index (χ3n) is 1.88. The lowest BCUT2D eigenvalue weighted by molar-refractivity contribution is -0.121. The zero-order chi connectivity index (χ0) is 8.81. The van der Waals surface area contributed by atoms with E-state index in [-0.39, 0.29) is 6.29 Å². The molecule has 3 nitrogen and oxygen atoms in total. The number of carbonyl (C=O) groups excluding carboxylic acids is 1. The number of hydrogen-bond acceptors (Lipinski definition) is 3. The topological polar surface area (TPSA) is 35.5 Å². The van der Waals surface area contributed by atoms with Crippen LogP contribution in [0.25, 0.3) is 0 Å². The van der Waals surface area contributed by atoms with E-state index in [0.717, 1.165) is 12.8 Å². The second kappa shape index (κ2) is 5.27. The van der Waals surface area contributed by atoms with Crippen molar-refractivity contribution in [2.75, 3.05) is 13.2 Å². The number of rotatable bonds is 5. The average Bonchev–Trinajstić information content (AvgIpc) is 2.53. The Morgan fingerprint density at radius 1 is 1.33 bits per heavy atom. The molecule has 0 atom stereocenters. The van der Waals surface area contributed by atoms with E-state index in [1.165, 1.54) is 0 Å². The van der Waals surface area contributed by atoms with Crippen molar-refractivity contribution in [3.8, 4) is 0 Å². The maximum Gasteiger partial charge on any atom is 0.158 e. The van der Waals surface area contributed by atoms with Crippen LogP contribution in [0, 0.1) is 0 Å². The molecule has 0 aliphatic carbocycles. The zero-order valence-corrected chi connectivity index (χ0v) is 7.54. The van der Waals surface area contributed by atoms with Crippen molar-refractivity contribution in [1.29, 1.82) is 0 Å². The van der Waals surface area contributed by atoms with Crippen LogP contribution in [0.15, 0.2) is 0 Å². The highest BCUT2D eigenvalue weighted by Crippen LogP contribution is 2.11. The third-order valence-corrected chi connectivity index (χ3v) is 1.88. The van der Waals surface area contributed by atoms with Crippen LogP contribution in [0.3, 0.4) is 0 Å². The second-order valence-electron chi connectivity index (χ2n) is 3.00. The van der Waals surface area contributed by atoms with Crippen LogP contribution >= 0.6 is 0 Å². The number of ketones is 1. The van der Waals surface area contributed by atoms with Crippen LogP contribution in [0.2, 0.25) is 0 Å². The van der Waals surface area contributed by atoms with Crippen molar-refractivity contribution in [3.05, 3.63) is 0 Å². The van der Waals surface area contributed by atoms with E-state index in [4.69, 9.17) is 9.47 Å². The summed E-state index contributed by atoms with van der Waals surface area (Å²) >= 11 is 0. The van der Waals surface area contributed by atoms with Gasteiger partial charge in [-0.25, -0.2) is 0 Å². The summed E-state index contributed by atoms with van der Waals surface area (Å²) in [7, 11) is 0. The summed E-state index contributed by atoms with van der Waals surface area (Å²) < 4.78 is 10.4. The van der Waals surface area contributed by atoms with Crippen molar-refractivity contribution in [2.24, 2.45) is 0 Å². The molecular formula is C9H16O3. The first kappa shape index (κ1) is 9.68. The Morgan fingerprint density at radius 3 is 2.58 bits per heavy atom. The molecule has 70 valence electrons. The minimum Gasteiger partial charge on any atom is -0.350 e. The van der Waals surface area contributed by atoms with E-state index in [0.29, 0.717) is 31.8 Å². The van der Waals surface area contributed by atoms with E-state index < -0.39 is 0 Å². The number of Topliss-reactive ketones (excluding diaryl/α,β-unsaturated/α-hetero) is 1. The monoisotopic (exact) mass is 172 g/mol. The fourth-order valence-electron chi connectivity index (χ4n) is 1.26. The minimum absolute atomic E-state index is 0.120. The van der Waals surface area contributed by atoms with Gasteiger partial charge >= 0.3 is 0 Å². The fourth-order valence-corrected chi connectivity index (χ4v) is 1.26. The van der Waals surface area contributed by atoms with Gasteiger partial charge in [0.25, 0.3) is 0 Å². The normalized spacial score (nSPS) is 18.4. The molecule has 0 bridgehead atoms. The summed E-state index contributed by atoms with van der Waals surface area (Å²) in [5, 5.41) is 0. The van der Waals surface area contributed by atoms with Crippen molar-refractivity contribution in [1.82, 2.24) is 0 Å². The maximum absolute atomic E-state index is 11.1. The van der Waals surface area contributed by atoms with Gasteiger partial charge in [0, 0.05) is 19.3 Å². The Hall–Kier alpha value is -0.410. The van der Waals surface area contributed by atoms with Crippen LogP contribution in [0.5, 0.6) is 0 Å². The SMILES string of the molecule is CCCC(=O)CCC1OCCO1. The quantitative estimate of drug-likeness (QED) is 0.630. The van der Waals surface area contributed by atoms with Gasteiger partial charge < -0.3 is 9.47 Å². The highest BCUT2D eigenvalue weighted by atomic mass is 16.7. The van der Waals surface area contributed by atoms with E-state index >= 15 is 0 Å². The van der Waals surface area contributed by atoms with Gasteiger partial charge in [0.2, 0.25) is 0 Å². The molecule has 1 aliphatic heterocycles. The smallest absolute Gasteiger partial charge is 0.158 e. The van der Waals surface area contributed by atoms with E-state index in [1.54, 1.807) is 0 Å². The predicted molar refractivity (Wildman–Crippen MR) is 44.8 cm³/mol. The lowest BCUT2D eigenvalue weighted by Crippen LogP contribution is -2.10. The van der Waals surface area contributed by atoms with E-state index in [2.05, 4.69) is 0 Å². The summed E-state index contributed by atoms with van der Waals surface area (Å²) in [5.41, 5.74) is 0. The highest BCUT2D eigenvalue weighted by Gasteiger charge is 2.16. The van der Waals surface area contributed by atoms with Gasteiger partial charge in [-0.1, -0.05) is 6.92 Å². The number of hydrogen-bond donors (Lipinski definition) is 0. The van der Waals surface area contributed by atoms with Gasteiger partial charge in [-0.05, 0) is 6.42 Å². The van der Waals surface area contributed by atoms with Gasteiger partial charge in [0.05, 0.1) is 13.2 Å². The van der Waals surface area contributed by atoms with Gasteiger partial charge in [0.15, 0.2) is 6.29 Å². The van der Waals surface area contributed by atoms with Crippen LogP contribution < -0.4 is 0 Å². The average molecular weight is 172 g/mol. The Morgan fingerprint density at radius 2 is 2.00 bits per heavy atom. The molecule has 0 amide bonds. The second-order valence-corrected chi connectivity index (χ2v) is 3.00. The molecule has 0 aromatic heterocycles. The van der Waals surface area contributed by atoms with Crippen molar-refractivity contribution >= 4 is 5.78 Å². The van der Waals surface area contributed by atoms with Gasteiger partial charge in [-0.15, -0.1) is 0 Å². The Labute approximate surface area is 73.0 Å². The highest BCUT2D eigenvalue weighted by molar-refractivity contribution is 5.78. The summed E-state index contributed by atoms with van der Waals surface area (Å²) in [6.45, 7) is 3.36. The Kier molecular flexibility index (Phi) is 4.25. The van der Waals surface area contributed by atoms with E-state index in [9.17, 15) is 4.79 Å². The lowest BCUT2D eigenvalue weighted by atomic mass is 10.1. The maximum atomic E-state index is 11.1. The van der Waals surface area contributed by atoms with Crippen LogP contribution in [-0.2, 0) is 14.3 Å². The van der Waals surface area contributed by atoms with Crippen molar-refractivity contribution in [2.45, 2.75) is 38.9 Å². The van der Waals surface area contributed by atoms with Gasteiger partial charge in [0.1, 0.15) is 5.78 Å². The molecular weight excluding hydrogens is 156 g/mol. The zero-order valence-electron chi connectivity index (χ0n) is 7.54. The standard InChI is InChI=1S/C9H16O3/c1-2-3-8(10)4-5-9-11-6-7-12-9/h9H,2-7H2,1H3. The molecule has 1 rings (SSSR count). The third kappa shape index (κ3) is 3.32. The van der Waals surface area contributed by atoms with Crippen LogP contribution in [0.1, 0.15) is 32.6 Å². The molecule has 0 N–H and O–H groups in total. The molecule has 1 heterocycles. The summed E-state index contributed by atoms with van der Waals surface area (Å²) in [6, 6.07) is 0. The molecule has 1 saturated heterocycles. The predicted octanol–water partition coefficient (Wildman–Crippen LogP) is 1.51. The molecule has 0 spiro atoms. The Balaban J connectivity index is 2.03. The lowest BCUT2D eigenvalue weighted by Gasteiger charge is -2.06. The Bertz CT molecular complexity index is 139. The summed E-state index contributed by atoms with van der Waals surface area (Å²) in [4.78, 5) is 11.1. The van der Waals surface area contributed by atoms with Crippen LogP contribution in [-0.4, -0.2) is 25.3 Å². The largest absolute Gasteiger partial charge is 0.350 e. The van der Waals surface area contributed by atoms with Gasteiger partial charge in [-0.2, -0.15) is 0 Å². The molecule has 1 aliphatic rings. The molecule has 1 fully saturated rings. The molecule has 0 saturated carbocycles. The minimum atomic E-state index is -0.120. The number of carbonyl (C=O) groups is 1. The van der Waals surface area contributed by atoms with Gasteiger partial charge in [-0.3, -0.25) is 4.79 Å². The molecule has 0 aromatic rings. The first-order chi connectivity index (χ1) is 5.83.